The molecule has 0 aliphatic rings. The fourth-order valence-corrected chi connectivity index (χ4v) is 3.04. The van der Waals surface area contributed by atoms with E-state index in [1.807, 2.05) is 48.5 Å². The molecular weight excluding hydrogens is 398 g/mol. The minimum atomic E-state index is -0.323. The zero-order valence-corrected chi connectivity index (χ0v) is 16.7. The number of benzene rings is 2. The zero-order valence-electron chi connectivity index (χ0n) is 15.1. The van der Waals surface area contributed by atoms with E-state index in [4.69, 9.17) is 16.3 Å². The van der Waals surface area contributed by atoms with Gasteiger partial charge in [-0.2, -0.15) is 5.10 Å². The van der Waals surface area contributed by atoms with Gasteiger partial charge in [0.2, 0.25) is 5.13 Å². The number of carbonyl (C=O) groups is 1. The Kier molecular flexibility index (Phi) is 7.00. The number of nitrogens with one attached hydrogen (secondary N) is 1. The van der Waals surface area contributed by atoms with Crippen LogP contribution in [0.2, 0.25) is 5.02 Å². The quantitative estimate of drug-likeness (QED) is 0.332. The highest BCUT2D eigenvalue weighted by molar-refractivity contribution is 7.13. The summed E-state index contributed by atoms with van der Waals surface area (Å²) in [5.41, 5.74) is 5.42. The van der Waals surface area contributed by atoms with Crippen LogP contribution in [-0.2, 0) is 22.6 Å². The maximum atomic E-state index is 11.3. The fraction of sp³-hybridized carbons (Fsp3) is 0.150. The second-order valence-electron chi connectivity index (χ2n) is 5.75. The maximum Gasteiger partial charge on any atom is 0.311 e. The number of halogens is 1. The number of esters is 1. The summed E-state index contributed by atoms with van der Waals surface area (Å²) in [5.74, 6) is 0.421. The Labute approximate surface area is 171 Å². The third-order valence-electron chi connectivity index (χ3n) is 3.66. The molecule has 1 heterocycles. The first-order valence-corrected chi connectivity index (χ1v) is 9.66. The molecule has 2 aromatic carbocycles. The Morgan fingerprint density at radius 2 is 2.11 bits per heavy atom. The van der Waals surface area contributed by atoms with Gasteiger partial charge in [0.15, 0.2) is 0 Å². The number of hydrogen-bond donors (Lipinski definition) is 1. The van der Waals surface area contributed by atoms with Gasteiger partial charge < -0.3 is 9.47 Å². The second-order valence-corrected chi connectivity index (χ2v) is 7.05. The topological polar surface area (TPSA) is 72.8 Å². The van der Waals surface area contributed by atoms with Crippen LogP contribution in [0.25, 0.3) is 0 Å². The van der Waals surface area contributed by atoms with Crippen molar-refractivity contribution in [3.63, 3.8) is 0 Å². The molecule has 0 unspecified atom stereocenters. The van der Waals surface area contributed by atoms with E-state index in [1.54, 1.807) is 11.6 Å². The van der Waals surface area contributed by atoms with Crippen molar-refractivity contribution in [3.8, 4) is 5.75 Å². The molecule has 3 aromatic rings. The van der Waals surface area contributed by atoms with E-state index < -0.39 is 0 Å². The van der Waals surface area contributed by atoms with Crippen molar-refractivity contribution in [1.82, 2.24) is 4.98 Å². The lowest BCUT2D eigenvalue weighted by molar-refractivity contribution is -0.139. The van der Waals surface area contributed by atoms with E-state index in [0.717, 1.165) is 16.9 Å². The highest BCUT2D eigenvalue weighted by Crippen LogP contribution is 2.17. The summed E-state index contributed by atoms with van der Waals surface area (Å²) >= 11 is 7.26. The number of hydrazone groups is 1. The lowest BCUT2D eigenvalue weighted by atomic mass is 10.2. The highest BCUT2D eigenvalue weighted by Gasteiger charge is 2.07. The summed E-state index contributed by atoms with van der Waals surface area (Å²) in [4.78, 5) is 15.5. The molecular formula is C20H18ClN3O3S. The Bertz CT molecular complexity index is 957. The van der Waals surface area contributed by atoms with Gasteiger partial charge in [0.25, 0.3) is 0 Å². The number of anilines is 1. The molecule has 8 heteroatoms. The van der Waals surface area contributed by atoms with Crippen LogP contribution in [0.3, 0.4) is 0 Å². The summed E-state index contributed by atoms with van der Waals surface area (Å²) < 4.78 is 10.4. The van der Waals surface area contributed by atoms with Gasteiger partial charge in [0, 0.05) is 10.4 Å². The molecule has 6 nitrogen and oxygen atoms in total. The Morgan fingerprint density at radius 3 is 2.89 bits per heavy atom. The number of nitrogens with zero attached hydrogens (tertiary/aromatic N) is 2. The average molecular weight is 416 g/mol. The number of hydrogen-bond acceptors (Lipinski definition) is 7. The van der Waals surface area contributed by atoms with Gasteiger partial charge >= 0.3 is 5.97 Å². The van der Waals surface area contributed by atoms with Crippen LogP contribution in [0.4, 0.5) is 5.13 Å². The standard InChI is InChI=1S/C20H18ClN3O3S/c1-26-19(25)10-17-13-28-20(23-17)24-22-11-15-3-2-4-18(9-15)27-12-14-5-7-16(21)8-6-14/h2-9,11,13H,10,12H2,1H3,(H,23,24)/b22-11-. The van der Waals surface area contributed by atoms with Gasteiger partial charge in [-0.25, -0.2) is 4.98 Å². The molecule has 0 saturated carbocycles. The summed E-state index contributed by atoms with van der Waals surface area (Å²) in [7, 11) is 1.35. The number of carbonyl (C=O) groups excluding carboxylic acids is 1. The summed E-state index contributed by atoms with van der Waals surface area (Å²) in [6.45, 7) is 0.456. The second kappa shape index (κ2) is 9.87. The lowest BCUT2D eigenvalue weighted by Crippen LogP contribution is -2.04. The average Bonchev–Trinajstić information content (AvgIpc) is 3.15. The van der Waals surface area contributed by atoms with Crippen LogP contribution < -0.4 is 10.2 Å². The van der Waals surface area contributed by atoms with Gasteiger partial charge in [-0.3, -0.25) is 10.2 Å². The molecule has 0 aliphatic carbocycles. The number of ether oxygens (including phenoxy) is 2. The van der Waals surface area contributed by atoms with Crippen LogP contribution in [-0.4, -0.2) is 24.3 Å². The van der Waals surface area contributed by atoms with Crippen molar-refractivity contribution in [3.05, 3.63) is 75.8 Å². The van der Waals surface area contributed by atoms with Crippen LogP contribution >= 0.6 is 22.9 Å². The molecule has 0 bridgehead atoms. The molecule has 0 saturated heterocycles. The van der Waals surface area contributed by atoms with E-state index in [9.17, 15) is 4.79 Å². The van der Waals surface area contributed by atoms with Crippen LogP contribution in [0, 0.1) is 0 Å². The molecule has 0 fully saturated rings. The Hall–Kier alpha value is -2.90. The number of methoxy groups -OCH3 is 1. The minimum absolute atomic E-state index is 0.144. The predicted octanol–water partition coefficient (Wildman–Crippen LogP) is 4.54. The SMILES string of the molecule is COC(=O)Cc1csc(N/N=C\c2cccc(OCc3ccc(Cl)cc3)c2)n1. The van der Waals surface area contributed by atoms with Crippen molar-refractivity contribution in [2.75, 3.05) is 12.5 Å². The van der Waals surface area contributed by atoms with Gasteiger partial charge in [0.1, 0.15) is 12.4 Å². The van der Waals surface area contributed by atoms with Crippen LogP contribution in [0.5, 0.6) is 5.75 Å². The first-order valence-electron chi connectivity index (χ1n) is 8.40. The summed E-state index contributed by atoms with van der Waals surface area (Å²) in [5, 5.41) is 7.27. The Balaban J connectivity index is 1.53. The molecule has 0 spiro atoms. The van der Waals surface area contributed by atoms with E-state index in [1.165, 1.54) is 18.4 Å². The van der Waals surface area contributed by atoms with Crippen molar-refractivity contribution >= 4 is 40.3 Å². The molecule has 0 amide bonds. The van der Waals surface area contributed by atoms with Crippen LogP contribution in [0.1, 0.15) is 16.8 Å². The minimum Gasteiger partial charge on any atom is -0.489 e. The predicted molar refractivity (Wildman–Crippen MR) is 111 cm³/mol. The number of rotatable bonds is 8. The van der Waals surface area contributed by atoms with Gasteiger partial charge in [-0.15, -0.1) is 11.3 Å². The molecule has 3 rings (SSSR count). The van der Waals surface area contributed by atoms with Crippen molar-refractivity contribution in [1.29, 1.82) is 0 Å². The fourth-order valence-electron chi connectivity index (χ4n) is 2.25. The van der Waals surface area contributed by atoms with E-state index in [2.05, 4.69) is 20.2 Å². The Morgan fingerprint density at radius 1 is 1.29 bits per heavy atom. The van der Waals surface area contributed by atoms with Crippen molar-refractivity contribution < 1.29 is 14.3 Å². The van der Waals surface area contributed by atoms with Crippen molar-refractivity contribution in [2.24, 2.45) is 5.10 Å². The molecule has 0 aliphatic heterocycles. The van der Waals surface area contributed by atoms with Gasteiger partial charge in [-0.1, -0.05) is 35.9 Å². The van der Waals surface area contributed by atoms with E-state index >= 15 is 0 Å². The summed E-state index contributed by atoms with van der Waals surface area (Å²) in [6.07, 6.45) is 1.82. The third kappa shape index (κ3) is 6.07. The van der Waals surface area contributed by atoms with Gasteiger partial charge in [0.05, 0.1) is 25.4 Å². The third-order valence-corrected chi connectivity index (χ3v) is 4.70. The van der Waals surface area contributed by atoms with Gasteiger partial charge in [-0.05, 0) is 35.4 Å². The first kappa shape index (κ1) is 19.9. The molecule has 144 valence electrons. The highest BCUT2D eigenvalue weighted by atomic mass is 35.5. The smallest absolute Gasteiger partial charge is 0.311 e. The van der Waals surface area contributed by atoms with E-state index in [-0.39, 0.29) is 12.4 Å². The van der Waals surface area contributed by atoms with Crippen LogP contribution in [0.15, 0.2) is 59.0 Å². The van der Waals surface area contributed by atoms with E-state index in [0.29, 0.717) is 22.5 Å². The molecule has 0 radical (unpaired) electrons. The maximum absolute atomic E-state index is 11.3. The molecule has 1 N–H and O–H groups in total. The number of thiazole rings is 1. The zero-order chi connectivity index (χ0) is 19.8. The first-order chi connectivity index (χ1) is 13.6. The molecule has 0 atom stereocenters. The molecule has 1 aromatic heterocycles. The lowest BCUT2D eigenvalue weighted by Gasteiger charge is -2.07. The van der Waals surface area contributed by atoms with Crippen molar-refractivity contribution in [2.45, 2.75) is 13.0 Å². The monoisotopic (exact) mass is 415 g/mol. The normalized spacial score (nSPS) is 10.8. The largest absolute Gasteiger partial charge is 0.489 e. The number of aromatic nitrogens is 1. The summed E-state index contributed by atoms with van der Waals surface area (Å²) in [6, 6.07) is 15.1. The molecule has 28 heavy (non-hydrogen) atoms.